The molecule has 1 heterocycles. The highest BCUT2D eigenvalue weighted by molar-refractivity contribution is 6.22. The molecule has 182 valence electrons. The third-order valence-electron chi connectivity index (χ3n) is 8.01. The number of carbonyl (C=O) groups is 2. The van der Waals surface area contributed by atoms with E-state index in [0.717, 1.165) is 24.2 Å². The number of hydrogen-bond acceptors (Lipinski definition) is 3. The van der Waals surface area contributed by atoms with Crippen LogP contribution in [0.3, 0.4) is 0 Å². The van der Waals surface area contributed by atoms with Gasteiger partial charge in [0.15, 0.2) is 22.8 Å². The minimum Gasteiger partial charge on any atom is -0.346 e. The van der Waals surface area contributed by atoms with E-state index in [-0.39, 0.29) is 11.6 Å². The summed E-state index contributed by atoms with van der Waals surface area (Å²) in [6, 6.07) is 0. The lowest BCUT2D eigenvalue weighted by molar-refractivity contribution is -0.124. The zero-order chi connectivity index (χ0) is 24.1. The summed E-state index contributed by atoms with van der Waals surface area (Å²) in [5.41, 5.74) is 0.665. The molecule has 0 aromatic carbocycles. The van der Waals surface area contributed by atoms with Crippen LogP contribution >= 0.6 is 0 Å². The normalized spacial score (nSPS) is 27.7. The standard InChI is InChI=1S/C29H48O3/c1-20(2)12-9-13-21(3)14-10-15-22(4)16-11-17-23(5)18-19-25-24(6)26(30)28(7)29(8,32-28)27(25)31/h18,20-22H,9-17,19H2,1-8H3/b23-18+/t21-,22-,28-,29-/m1/s1. The van der Waals surface area contributed by atoms with Gasteiger partial charge < -0.3 is 4.74 Å². The first-order chi connectivity index (χ1) is 14.9. The maximum atomic E-state index is 12.8. The molecule has 1 saturated heterocycles. The van der Waals surface area contributed by atoms with Crippen LogP contribution in [-0.4, -0.2) is 22.8 Å². The van der Waals surface area contributed by atoms with Crippen LogP contribution in [0.15, 0.2) is 22.8 Å². The largest absolute Gasteiger partial charge is 0.346 e. The lowest BCUT2D eigenvalue weighted by Crippen LogP contribution is -2.41. The summed E-state index contributed by atoms with van der Waals surface area (Å²) in [6.45, 7) is 16.8. The van der Waals surface area contributed by atoms with Crippen molar-refractivity contribution in [2.45, 2.75) is 131 Å². The third kappa shape index (κ3) is 6.43. The molecule has 0 spiro atoms. The fourth-order valence-electron chi connectivity index (χ4n) is 5.19. The number of hydrogen-bond donors (Lipinski definition) is 0. The number of epoxide rings is 1. The van der Waals surface area contributed by atoms with Crippen LogP contribution in [0.5, 0.6) is 0 Å². The van der Waals surface area contributed by atoms with Crippen molar-refractivity contribution in [2.75, 3.05) is 0 Å². The summed E-state index contributed by atoms with van der Waals surface area (Å²) >= 11 is 0. The SMILES string of the molecule is CC1=C(C/C=C(\C)CCC[C@H](C)CCC[C@H](C)CCCC(C)C)C(=O)[C@@]2(C)O[C@]2(C)C1=O. The van der Waals surface area contributed by atoms with Gasteiger partial charge in [0.2, 0.25) is 0 Å². The molecule has 0 unspecified atom stereocenters. The summed E-state index contributed by atoms with van der Waals surface area (Å²) in [6.07, 6.45) is 14.4. The molecule has 3 heteroatoms. The van der Waals surface area contributed by atoms with Crippen molar-refractivity contribution < 1.29 is 14.3 Å². The summed E-state index contributed by atoms with van der Waals surface area (Å²) < 4.78 is 5.59. The molecule has 1 fully saturated rings. The van der Waals surface area contributed by atoms with Crippen molar-refractivity contribution >= 4 is 11.6 Å². The van der Waals surface area contributed by atoms with Crippen LogP contribution in [0.4, 0.5) is 0 Å². The number of ether oxygens (including phenoxy) is 1. The fraction of sp³-hybridized carbons (Fsp3) is 0.793. The molecule has 1 aliphatic heterocycles. The zero-order valence-corrected chi connectivity index (χ0v) is 22.1. The Balaban J connectivity index is 1.67. The van der Waals surface area contributed by atoms with E-state index in [1.807, 2.05) is 0 Å². The average Bonchev–Trinajstić information content (AvgIpc) is 3.30. The molecule has 2 rings (SSSR count). The van der Waals surface area contributed by atoms with Crippen LogP contribution < -0.4 is 0 Å². The smallest absolute Gasteiger partial charge is 0.194 e. The zero-order valence-electron chi connectivity index (χ0n) is 22.1. The van der Waals surface area contributed by atoms with Gasteiger partial charge in [-0.25, -0.2) is 0 Å². The highest BCUT2D eigenvalue weighted by atomic mass is 16.6. The van der Waals surface area contributed by atoms with Gasteiger partial charge in [0.05, 0.1) is 0 Å². The minimum atomic E-state index is -0.942. The number of rotatable bonds is 14. The molecule has 0 amide bonds. The number of allylic oxidation sites excluding steroid dienone is 2. The molecule has 0 N–H and O–H groups in total. The van der Waals surface area contributed by atoms with Gasteiger partial charge in [0.1, 0.15) is 0 Å². The van der Waals surface area contributed by atoms with Crippen molar-refractivity contribution in [3.8, 4) is 0 Å². The highest BCUT2D eigenvalue weighted by Crippen LogP contribution is 2.54. The summed E-state index contributed by atoms with van der Waals surface area (Å²) in [7, 11) is 0. The van der Waals surface area contributed by atoms with Crippen LogP contribution in [0.2, 0.25) is 0 Å². The van der Waals surface area contributed by atoms with Crippen molar-refractivity contribution in [1.82, 2.24) is 0 Å². The number of carbonyl (C=O) groups excluding carboxylic acids is 2. The third-order valence-corrected chi connectivity index (χ3v) is 8.01. The van der Waals surface area contributed by atoms with E-state index >= 15 is 0 Å². The minimum absolute atomic E-state index is 0.00629. The Labute approximate surface area is 197 Å². The molecule has 0 saturated carbocycles. The van der Waals surface area contributed by atoms with Gasteiger partial charge in [-0.2, -0.15) is 0 Å². The van der Waals surface area contributed by atoms with E-state index in [0.29, 0.717) is 17.6 Å². The number of Topliss-reactive ketones (excluding diaryl/α,β-unsaturated/α-hetero) is 2. The molecule has 1 aliphatic carbocycles. The van der Waals surface area contributed by atoms with Gasteiger partial charge in [-0.3, -0.25) is 9.59 Å². The molecule has 2 aliphatic rings. The number of fused-ring (bicyclic) bond motifs is 1. The first-order valence-corrected chi connectivity index (χ1v) is 13.1. The summed E-state index contributed by atoms with van der Waals surface area (Å²) in [4.78, 5) is 25.4. The van der Waals surface area contributed by atoms with E-state index < -0.39 is 11.2 Å². The fourth-order valence-corrected chi connectivity index (χ4v) is 5.19. The predicted octanol–water partition coefficient (Wildman–Crippen LogP) is 7.78. The van der Waals surface area contributed by atoms with E-state index in [1.54, 1.807) is 20.8 Å². The second kappa shape index (κ2) is 11.3. The lowest BCUT2D eigenvalue weighted by Gasteiger charge is -2.21. The Hall–Kier alpha value is -1.22. The maximum Gasteiger partial charge on any atom is 0.194 e. The van der Waals surface area contributed by atoms with Gasteiger partial charge in [-0.05, 0) is 64.7 Å². The molecular formula is C29H48O3. The van der Waals surface area contributed by atoms with Gasteiger partial charge >= 0.3 is 0 Å². The van der Waals surface area contributed by atoms with Gasteiger partial charge in [0, 0.05) is 11.1 Å². The topological polar surface area (TPSA) is 46.7 Å². The molecule has 0 radical (unpaired) electrons. The average molecular weight is 445 g/mol. The Morgan fingerprint density at radius 2 is 1.34 bits per heavy atom. The van der Waals surface area contributed by atoms with Gasteiger partial charge in [0.25, 0.3) is 0 Å². The Morgan fingerprint density at radius 1 is 0.844 bits per heavy atom. The lowest BCUT2D eigenvalue weighted by atomic mass is 9.75. The molecule has 0 aromatic rings. The summed E-state index contributed by atoms with van der Waals surface area (Å²) in [5, 5.41) is 0. The van der Waals surface area contributed by atoms with Crippen molar-refractivity contribution in [1.29, 1.82) is 0 Å². The molecule has 0 aromatic heterocycles. The highest BCUT2D eigenvalue weighted by Gasteiger charge is 2.75. The van der Waals surface area contributed by atoms with Crippen LogP contribution in [0.1, 0.15) is 120 Å². The summed E-state index contributed by atoms with van der Waals surface area (Å²) in [5.74, 6) is 2.44. The van der Waals surface area contributed by atoms with Gasteiger partial charge in [-0.1, -0.05) is 84.3 Å². The first kappa shape index (κ1) is 27.0. The Bertz CT molecular complexity index is 744. The predicted molar refractivity (Wildman–Crippen MR) is 134 cm³/mol. The number of ketones is 2. The molecule has 0 bridgehead atoms. The molecule has 4 atom stereocenters. The Morgan fingerprint density at radius 3 is 1.91 bits per heavy atom. The molecule has 32 heavy (non-hydrogen) atoms. The quantitative estimate of drug-likeness (QED) is 0.203. The van der Waals surface area contributed by atoms with Crippen LogP contribution in [0, 0.1) is 17.8 Å². The van der Waals surface area contributed by atoms with Crippen LogP contribution in [-0.2, 0) is 14.3 Å². The second-order valence-corrected chi connectivity index (χ2v) is 11.5. The Kier molecular flexibility index (Phi) is 9.52. The first-order valence-electron chi connectivity index (χ1n) is 13.1. The van der Waals surface area contributed by atoms with Gasteiger partial charge in [-0.15, -0.1) is 0 Å². The van der Waals surface area contributed by atoms with E-state index in [9.17, 15) is 9.59 Å². The van der Waals surface area contributed by atoms with Crippen molar-refractivity contribution in [2.24, 2.45) is 17.8 Å². The van der Waals surface area contributed by atoms with Crippen molar-refractivity contribution in [3.63, 3.8) is 0 Å². The van der Waals surface area contributed by atoms with Crippen LogP contribution in [0.25, 0.3) is 0 Å². The van der Waals surface area contributed by atoms with Crippen molar-refractivity contribution in [3.05, 3.63) is 22.8 Å². The van der Waals surface area contributed by atoms with E-state index in [2.05, 4.69) is 40.7 Å². The van der Waals surface area contributed by atoms with E-state index in [4.69, 9.17) is 4.74 Å². The molecule has 3 nitrogen and oxygen atoms in total. The monoisotopic (exact) mass is 444 g/mol. The second-order valence-electron chi connectivity index (χ2n) is 11.5. The van der Waals surface area contributed by atoms with E-state index in [1.165, 1.54) is 56.9 Å². The maximum absolute atomic E-state index is 12.8. The molecular weight excluding hydrogens is 396 g/mol.